The van der Waals surface area contributed by atoms with Gasteiger partial charge in [0.05, 0.1) is 11.1 Å². The van der Waals surface area contributed by atoms with E-state index in [2.05, 4.69) is 26.2 Å². The Morgan fingerprint density at radius 1 is 1.41 bits per heavy atom. The lowest BCUT2D eigenvalue weighted by atomic mass is 10.1. The maximum absolute atomic E-state index is 15.0. The predicted octanol–water partition coefficient (Wildman–Crippen LogP) is 3.82. The van der Waals surface area contributed by atoms with Gasteiger partial charge in [-0.3, -0.25) is 9.36 Å². The number of aromatic hydroxyl groups is 1. The second-order valence-electron chi connectivity index (χ2n) is 7.24. The number of alkyl halides is 1. The number of phenols is 1. The van der Waals surface area contributed by atoms with Crippen LogP contribution in [0.3, 0.4) is 0 Å². The Balaban J connectivity index is 1.90. The minimum atomic E-state index is -1.75. The number of aromatic nitrogens is 2. The first-order valence-corrected chi connectivity index (χ1v) is 11.0. The second kappa shape index (κ2) is 10.3. The van der Waals surface area contributed by atoms with Crippen molar-refractivity contribution in [3.05, 3.63) is 39.4 Å². The first kappa shape index (κ1) is 24.0. The normalized spacial score (nSPS) is 22.5. The molecule has 3 rings (SSSR count). The van der Waals surface area contributed by atoms with Crippen LogP contribution in [-0.2, 0) is 14.3 Å². The van der Waals surface area contributed by atoms with Crippen LogP contribution in [0.25, 0.3) is 0 Å². The number of nitrogens with zero attached hydrogens (tertiary/aromatic N) is 2. The molecule has 0 amide bonds. The van der Waals surface area contributed by atoms with Crippen LogP contribution in [0.2, 0.25) is 0 Å². The van der Waals surface area contributed by atoms with E-state index < -0.39 is 36.3 Å². The molecule has 32 heavy (non-hydrogen) atoms. The highest BCUT2D eigenvalue weighted by Gasteiger charge is 2.48. The Morgan fingerprint density at radius 2 is 2.16 bits per heavy atom. The maximum atomic E-state index is 15.0. The van der Waals surface area contributed by atoms with E-state index in [1.807, 2.05) is 6.92 Å². The first-order chi connectivity index (χ1) is 15.3. The van der Waals surface area contributed by atoms with Crippen molar-refractivity contribution >= 4 is 33.4 Å². The average molecular weight is 514 g/mol. The molecule has 174 valence electrons. The van der Waals surface area contributed by atoms with Gasteiger partial charge in [-0.1, -0.05) is 19.9 Å². The molecule has 0 radical (unpaired) electrons. The number of anilines is 2. The number of hydrogen-bond donors (Lipinski definition) is 2. The molecule has 1 aliphatic rings. The fourth-order valence-electron chi connectivity index (χ4n) is 3.39. The molecule has 2 heterocycles. The van der Waals surface area contributed by atoms with Gasteiger partial charge in [0.25, 0.3) is 0 Å². The smallest absolute Gasteiger partial charge is 0.351 e. The van der Waals surface area contributed by atoms with Crippen molar-refractivity contribution in [1.82, 2.24) is 9.55 Å². The van der Waals surface area contributed by atoms with Crippen molar-refractivity contribution in [3.8, 4) is 11.5 Å². The van der Waals surface area contributed by atoms with Crippen LogP contribution >= 0.6 is 15.9 Å². The second-order valence-corrected chi connectivity index (χ2v) is 8.10. The third-order valence-electron chi connectivity index (χ3n) is 4.86. The van der Waals surface area contributed by atoms with Crippen LogP contribution in [0.15, 0.2) is 33.7 Å². The first-order valence-electron chi connectivity index (χ1n) is 10.2. The molecule has 2 N–H and O–H groups in total. The number of rotatable bonds is 8. The van der Waals surface area contributed by atoms with E-state index in [4.69, 9.17) is 14.2 Å². The summed E-state index contributed by atoms with van der Waals surface area (Å²) in [6.45, 7) is 5.35. The number of esters is 1. The summed E-state index contributed by atoms with van der Waals surface area (Å²) >= 11 is 3.32. The van der Waals surface area contributed by atoms with Crippen molar-refractivity contribution in [2.24, 2.45) is 0 Å². The van der Waals surface area contributed by atoms with Gasteiger partial charge in [-0.15, -0.1) is 0 Å². The van der Waals surface area contributed by atoms with E-state index in [1.54, 1.807) is 19.1 Å². The van der Waals surface area contributed by atoms with Crippen LogP contribution < -0.4 is 15.7 Å². The van der Waals surface area contributed by atoms with E-state index in [9.17, 15) is 14.7 Å². The third kappa shape index (κ3) is 5.04. The van der Waals surface area contributed by atoms with Crippen LogP contribution in [0.1, 0.15) is 39.8 Å². The third-order valence-corrected chi connectivity index (χ3v) is 5.44. The summed E-state index contributed by atoms with van der Waals surface area (Å²) in [4.78, 5) is 28.0. The van der Waals surface area contributed by atoms with Crippen LogP contribution in [0, 0.1) is 0 Å². The molecule has 1 fully saturated rings. The fourth-order valence-corrected chi connectivity index (χ4v) is 3.80. The molecule has 1 saturated heterocycles. The number of nitrogens with one attached hydrogen (secondary N) is 1. The number of carbonyl (C=O) groups is 1. The molecule has 2 aromatic rings. The van der Waals surface area contributed by atoms with Crippen molar-refractivity contribution in [2.45, 2.75) is 58.2 Å². The SMILES string of the molecule is CCCOc1cccc(O)c1Nc1nc(=O)n([C@@H]2O[C@H](CC)[C@H](OC(C)=O)C2F)cc1Br. The Bertz CT molecular complexity index is 1030. The predicted molar refractivity (Wildman–Crippen MR) is 118 cm³/mol. The van der Waals surface area contributed by atoms with E-state index in [0.29, 0.717) is 23.2 Å². The number of phenolic OH excluding ortho intramolecular Hbond substituents is 1. The van der Waals surface area contributed by atoms with E-state index >= 15 is 4.39 Å². The lowest BCUT2D eigenvalue weighted by Crippen LogP contribution is -2.35. The Kier molecular flexibility index (Phi) is 7.73. The molecule has 9 nitrogen and oxygen atoms in total. The lowest BCUT2D eigenvalue weighted by molar-refractivity contribution is -0.151. The maximum Gasteiger partial charge on any atom is 0.351 e. The fraction of sp³-hybridized carbons (Fsp3) is 0.476. The molecule has 11 heteroatoms. The molecule has 0 aliphatic carbocycles. The van der Waals surface area contributed by atoms with Crippen LogP contribution in [-0.4, -0.2) is 45.6 Å². The summed E-state index contributed by atoms with van der Waals surface area (Å²) in [5.74, 6) is -0.224. The molecule has 1 aliphatic heterocycles. The molecule has 1 aromatic carbocycles. The van der Waals surface area contributed by atoms with Gasteiger partial charge in [0.1, 0.15) is 23.3 Å². The number of hydrogen-bond acceptors (Lipinski definition) is 8. The number of ether oxygens (including phenoxy) is 3. The van der Waals surface area contributed by atoms with Gasteiger partial charge in [0, 0.05) is 13.1 Å². The highest BCUT2D eigenvalue weighted by Crippen LogP contribution is 2.38. The molecule has 0 spiro atoms. The summed E-state index contributed by atoms with van der Waals surface area (Å²) in [6.07, 6.45) is -2.36. The molecule has 1 aromatic heterocycles. The van der Waals surface area contributed by atoms with Gasteiger partial charge in [-0.05, 0) is 40.9 Å². The monoisotopic (exact) mass is 513 g/mol. The van der Waals surface area contributed by atoms with Gasteiger partial charge in [-0.2, -0.15) is 4.98 Å². The van der Waals surface area contributed by atoms with Crippen LogP contribution in [0.4, 0.5) is 15.9 Å². The lowest BCUT2D eigenvalue weighted by Gasteiger charge is -2.19. The van der Waals surface area contributed by atoms with Gasteiger partial charge in [0.2, 0.25) is 0 Å². The van der Waals surface area contributed by atoms with Crippen molar-refractivity contribution in [1.29, 1.82) is 0 Å². The Labute approximate surface area is 192 Å². The quantitative estimate of drug-likeness (QED) is 0.404. The highest BCUT2D eigenvalue weighted by atomic mass is 79.9. The minimum Gasteiger partial charge on any atom is -0.506 e. The zero-order valence-corrected chi connectivity index (χ0v) is 19.5. The summed E-state index contributed by atoms with van der Waals surface area (Å²) in [5.41, 5.74) is -0.541. The standard InChI is InChI=1S/C21H25BrFN3O6/c1-4-9-30-15-8-6-7-13(28)17(15)24-19-12(22)10-26(21(29)25-19)20-16(23)18(31-11(3)27)14(5-2)32-20/h6-8,10,14,16,18,20,28H,4-5,9H2,1-3H3,(H,24,25,29)/t14-,16?,18+,20-/m1/s1. The molecule has 4 atom stereocenters. The van der Waals surface area contributed by atoms with Gasteiger partial charge >= 0.3 is 11.7 Å². The number of halogens is 2. The summed E-state index contributed by atoms with van der Waals surface area (Å²) in [6, 6.07) is 4.78. The van der Waals surface area contributed by atoms with Crippen molar-refractivity contribution in [3.63, 3.8) is 0 Å². The summed E-state index contributed by atoms with van der Waals surface area (Å²) in [5, 5.41) is 13.1. The molecular formula is C21H25BrFN3O6. The average Bonchev–Trinajstić information content (AvgIpc) is 3.05. The molecule has 0 saturated carbocycles. The van der Waals surface area contributed by atoms with E-state index in [1.165, 1.54) is 19.2 Å². The van der Waals surface area contributed by atoms with Gasteiger partial charge in [0.15, 0.2) is 24.3 Å². The number of benzene rings is 1. The zero-order valence-electron chi connectivity index (χ0n) is 17.9. The van der Waals surface area contributed by atoms with Gasteiger partial charge in [-0.25, -0.2) is 9.18 Å². The molecule has 0 bridgehead atoms. The van der Waals surface area contributed by atoms with Gasteiger partial charge < -0.3 is 24.6 Å². The molecule has 1 unspecified atom stereocenters. The molecular weight excluding hydrogens is 489 g/mol. The van der Waals surface area contributed by atoms with Crippen molar-refractivity contribution in [2.75, 3.05) is 11.9 Å². The van der Waals surface area contributed by atoms with E-state index in [-0.39, 0.29) is 17.3 Å². The summed E-state index contributed by atoms with van der Waals surface area (Å²) in [7, 11) is 0. The van der Waals surface area contributed by atoms with E-state index in [0.717, 1.165) is 11.0 Å². The zero-order chi connectivity index (χ0) is 23.4. The van der Waals surface area contributed by atoms with Crippen molar-refractivity contribution < 1.29 is 28.5 Å². The topological polar surface area (TPSA) is 112 Å². The highest BCUT2D eigenvalue weighted by molar-refractivity contribution is 9.10. The largest absolute Gasteiger partial charge is 0.506 e. The Hall–Kier alpha value is -2.66. The summed E-state index contributed by atoms with van der Waals surface area (Å²) < 4.78 is 32.7. The Morgan fingerprint density at radius 3 is 2.81 bits per heavy atom. The minimum absolute atomic E-state index is 0.0885. The van der Waals surface area contributed by atoms with Crippen LogP contribution in [0.5, 0.6) is 11.5 Å². The number of carbonyl (C=O) groups excluding carboxylic acids is 1. The number of para-hydroxylation sites is 1.